The van der Waals surface area contributed by atoms with Crippen molar-refractivity contribution in [2.45, 2.75) is 13.0 Å². The summed E-state index contributed by atoms with van der Waals surface area (Å²) in [6, 6.07) is 1.90. The van der Waals surface area contributed by atoms with E-state index in [2.05, 4.69) is 25.5 Å². The van der Waals surface area contributed by atoms with Crippen molar-refractivity contribution in [2.24, 2.45) is 7.05 Å². The van der Waals surface area contributed by atoms with Crippen molar-refractivity contribution in [3.8, 4) is 0 Å². The average Bonchev–Trinajstić information content (AvgIpc) is 3.40. The second-order valence-corrected chi connectivity index (χ2v) is 7.69. The fraction of sp³-hybridized carbons (Fsp3) is 0.188. The Morgan fingerprint density at radius 3 is 3.08 bits per heavy atom. The molecule has 0 radical (unpaired) electrons. The number of fused-ring (bicyclic) bond motifs is 1. The predicted octanol–water partition coefficient (Wildman–Crippen LogP) is 2.33. The number of carbonyl (C=O) groups excluding carboxylic acids is 1. The Morgan fingerprint density at radius 2 is 2.38 bits per heavy atom. The van der Waals surface area contributed by atoms with Gasteiger partial charge in [0.2, 0.25) is 0 Å². The summed E-state index contributed by atoms with van der Waals surface area (Å²) < 4.78 is 2.60. The minimum atomic E-state index is -0.222. The number of H-pyrrole nitrogens is 1. The summed E-state index contributed by atoms with van der Waals surface area (Å²) in [5, 5.41) is 18.5. The van der Waals surface area contributed by atoms with Crippen molar-refractivity contribution in [1.29, 1.82) is 5.41 Å². The number of nitrogens with one attached hydrogen (secondary N) is 3. The van der Waals surface area contributed by atoms with Gasteiger partial charge in [-0.3, -0.25) is 14.9 Å². The van der Waals surface area contributed by atoms with Crippen LogP contribution in [0.5, 0.6) is 0 Å². The van der Waals surface area contributed by atoms with E-state index in [1.807, 2.05) is 6.07 Å². The Bertz CT molecular complexity index is 1060. The van der Waals surface area contributed by atoms with Crippen molar-refractivity contribution in [3.05, 3.63) is 50.8 Å². The summed E-state index contributed by atoms with van der Waals surface area (Å²) in [5.41, 5.74) is 4.46. The zero-order chi connectivity index (χ0) is 18.1. The number of carbonyl (C=O) groups is 1. The lowest BCUT2D eigenvalue weighted by Crippen LogP contribution is -2.25. The quantitative estimate of drug-likeness (QED) is 0.442. The third-order valence-corrected chi connectivity index (χ3v) is 5.83. The first-order chi connectivity index (χ1) is 12.7. The van der Waals surface area contributed by atoms with E-state index in [-0.39, 0.29) is 5.91 Å². The molecule has 1 amide bonds. The number of aryl methyl sites for hydroxylation is 1. The van der Waals surface area contributed by atoms with Gasteiger partial charge in [0.25, 0.3) is 5.91 Å². The minimum Gasteiger partial charge on any atom is -0.346 e. The van der Waals surface area contributed by atoms with Crippen LogP contribution in [0.4, 0.5) is 0 Å². The third kappa shape index (κ3) is 2.93. The van der Waals surface area contributed by atoms with Crippen LogP contribution >= 0.6 is 22.7 Å². The molecule has 3 N–H and O–H groups in total. The van der Waals surface area contributed by atoms with Gasteiger partial charge in [-0.15, -0.1) is 22.7 Å². The first kappa shape index (κ1) is 16.6. The molecular formula is C16H15N7OS2. The lowest BCUT2D eigenvalue weighted by molar-refractivity contribution is 0.0943. The van der Waals surface area contributed by atoms with Crippen molar-refractivity contribution < 1.29 is 4.79 Å². The molecule has 0 saturated heterocycles. The highest BCUT2D eigenvalue weighted by Crippen LogP contribution is 2.30. The molecule has 4 aromatic heterocycles. The Hall–Kier alpha value is -2.85. The van der Waals surface area contributed by atoms with E-state index in [9.17, 15) is 4.79 Å². The van der Waals surface area contributed by atoms with Gasteiger partial charge in [-0.2, -0.15) is 5.10 Å². The maximum absolute atomic E-state index is 12.7. The molecule has 0 spiro atoms. The monoisotopic (exact) mass is 385 g/mol. The Labute approximate surface area is 156 Å². The fourth-order valence-corrected chi connectivity index (χ4v) is 4.43. The van der Waals surface area contributed by atoms with Crippen LogP contribution in [0.1, 0.15) is 31.6 Å². The second kappa shape index (κ2) is 6.81. The molecule has 0 atom stereocenters. The van der Waals surface area contributed by atoms with Crippen LogP contribution in [0.25, 0.3) is 10.3 Å². The zero-order valence-corrected chi connectivity index (χ0v) is 15.4. The molecular weight excluding hydrogens is 370 g/mol. The molecule has 4 aromatic rings. The molecule has 0 aliphatic carbocycles. The Balaban J connectivity index is 1.64. The first-order valence-corrected chi connectivity index (χ1v) is 9.49. The molecule has 26 heavy (non-hydrogen) atoms. The number of thiazole rings is 2. The summed E-state index contributed by atoms with van der Waals surface area (Å²) in [5.74, 6) is -0.222. The zero-order valence-electron chi connectivity index (χ0n) is 13.8. The maximum atomic E-state index is 12.7. The van der Waals surface area contributed by atoms with E-state index in [4.69, 9.17) is 5.41 Å². The SMILES string of the molecule is Cn1c(C(=O)NCc2cncs2)c(C=N)c2sc(Cc3ccn[nH]3)nc21. The first-order valence-electron chi connectivity index (χ1n) is 7.79. The van der Waals surface area contributed by atoms with E-state index in [0.717, 1.165) is 20.3 Å². The summed E-state index contributed by atoms with van der Waals surface area (Å²) in [4.78, 5) is 22.3. The summed E-state index contributed by atoms with van der Waals surface area (Å²) in [7, 11) is 1.80. The van der Waals surface area contributed by atoms with Crippen molar-refractivity contribution in [2.75, 3.05) is 0 Å². The van der Waals surface area contributed by atoms with Gasteiger partial charge < -0.3 is 15.3 Å². The van der Waals surface area contributed by atoms with Gasteiger partial charge in [-0.1, -0.05) is 0 Å². The molecule has 0 fully saturated rings. The topological polar surface area (TPSA) is 112 Å². The lowest BCUT2D eigenvalue weighted by Gasteiger charge is -2.06. The van der Waals surface area contributed by atoms with E-state index in [1.165, 1.54) is 28.9 Å². The molecule has 0 aromatic carbocycles. The summed E-state index contributed by atoms with van der Waals surface area (Å²) >= 11 is 2.98. The maximum Gasteiger partial charge on any atom is 0.268 e. The standard InChI is InChI=1S/C16H15N7OS2/c1-23-13(16(24)19-7-10-6-18-8-25-10)11(5-17)14-15(23)21-12(26-14)4-9-2-3-20-22-9/h2-3,5-6,8,17H,4,7H2,1H3,(H,19,24)(H,20,22). The molecule has 10 heteroatoms. The number of rotatable bonds is 6. The van der Waals surface area contributed by atoms with Gasteiger partial charge in [0.05, 0.1) is 16.8 Å². The van der Waals surface area contributed by atoms with Crippen LogP contribution in [0.15, 0.2) is 24.0 Å². The minimum absolute atomic E-state index is 0.222. The highest BCUT2D eigenvalue weighted by molar-refractivity contribution is 7.19. The Morgan fingerprint density at radius 1 is 1.50 bits per heavy atom. The number of aromatic nitrogens is 5. The van der Waals surface area contributed by atoms with Gasteiger partial charge in [0.15, 0.2) is 5.65 Å². The molecule has 4 rings (SSSR count). The van der Waals surface area contributed by atoms with Gasteiger partial charge in [-0.05, 0) is 6.07 Å². The van der Waals surface area contributed by atoms with Crippen LogP contribution in [0, 0.1) is 5.41 Å². The van der Waals surface area contributed by atoms with E-state index >= 15 is 0 Å². The average molecular weight is 385 g/mol. The fourth-order valence-electron chi connectivity index (χ4n) is 2.76. The van der Waals surface area contributed by atoms with Gasteiger partial charge in [0, 0.05) is 48.2 Å². The highest BCUT2D eigenvalue weighted by Gasteiger charge is 2.23. The highest BCUT2D eigenvalue weighted by atomic mass is 32.1. The molecule has 8 nitrogen and oxygen atoms in total. The van der Waals surface area contributed by atoms with Crippen LogP contribution in [-0.2, 0) is 20.0 Å². The van der Waals surface area contributed by atoms with Crippen LogP contribution in [0.3, 0.4) is 0 Å². The van der Waals surface area contributed by atoms with Crippen molar-refractivity contribution in [1.82, 2.24) is 30.0 Å². The number of aromatic amines is 1. The lowest BCUT2D eigenvalue weighted by atomic mass is 10.2. The molecule has 0 aliphatic rings. The normalized spacial score (nSPS) is 11.1. The number of hydrogen-bond acceptors (Lipinski definition) is 7. The van der Waals surface area contributed by atoms with Gasteiger partial charge in [-0.25, -0.2) is 4.98 Å². The molecule has 4 heterocycles. The van der Waals surface area contributed by atoms with Crippen molar-refractivity contribution in [3.63, 3.8) is 0 Å². The summed E-state index contributed by atoms with van der Waals surface area (Å²) in [6.07, 6.45) is 5.30. The van der Waals surface area contributed by atoms with E-state index in [1.54, 1.807) is 29.5 Å². The number of amides is 1. The van der Waals surface area contributed by atoms with Crippen molar-refractivity contribution >= 4 is 45.1 Å². The van der Waals surface area contributed by atoms with E-state index in [0.29, 0.717) is 29.9 Å². The van der Waals surface area contributed by atoms with Crippen LogP contribution in [0.2, 0.25) is 0 Å². The molecule has 0 unspecified atom stereocenters. The molecule has 0 aliphatic heterocycles. The largest absolute Gasteiger partial charge is 0.346 e. The Kier molecular flexibility index (Phi) is 4.35. The van der Waals surface area contributed by atoms with E-state index < -0.39 is 0 Å². The number of nitrogens with zero attached hydrogens (tertiary/aromatic N) is 4. The smallest absolute Gasteiger partial charge is 0.268 e. The molecule has 0 saturated carbocycles. The molecule has 132 valence electrons. The third-order valence-electron chi connectivity index (χ3n) is 3.97. The van der Waals surface area contributed by atoms with Crippen LogP contribution in [-0.4, -0.2) is 36.9 Å². The predicted molar refractivity (Wildman–Crippen MR) is 101 cm³/mol. The van der Waals surface area contributed by atoms with Crippen LogP contribution < -0.4 is 5.32 Å². The van der Waals surface area contributed by atoms with Gasteiger partial charge >= 0.3 is 0 Å². The van der Waals surface area contributed by atoms with Gasteiger partial charge in [0.1, 0.15) is 10.7 Å². The number of hydrogen-bond donors (Lipinski definition) is 3. The molecule has 0 bridgehead atoms. The summed E-state index contributed by atoms with van der Waals surface area (Å²) in [6.45, 7) is 0.415. The second-order valence-electron chi connectivity index (χ2n) is 5.64.